The van der Waals surface area contributed by atoms with E-state index in [1.807, 2.05) is 18.5 Å². The SMILES string of the molecule is C=CCNc1nccn1-c1ccccc1CCC. The summed E-state index contributed by atoms with van der Waals surface area (Å²) in [4.78, 5) is 4.34. The van der Waals surface area contributed by atoms with Gasteiger partial charge in [0.2, 0.25) is 5.95 Å². The minimum absolute atomic E-state index is 0.715. The van der Waals surface area contributed by atoms with Crippen molar-refractivity contribution in [1.82, 2.24) is 9.55 Å². The Morgan fingerprint density at radius 3 is 3.00 bits per heavy atom. The summed E-state index contributed by atoms with van der Waals surface area (Å²) >= 11 is 0. The summed E-state index contributed by atoms with van der Waals surface area (Å²) in [6.45, 7) is 6.62. The van der Waals surface area contributed by atoms with Crippen molar-refractivity contribution in [1.29, 1.82) is 0 Å². The van der Waals surface area contributed by atoms with E-state index in [1.165, 1.54) is 11.3 Å². The molecule has 1 aromatic carbocycles. The van der Waals surface area contributed by atoms with Gasteiger partial charge in [0.15, 0.2) is 0 Å². The van der Waals surface area contributed by atoms with Crippen molar-refractivity contribution in [2.75, 3.05) is 11.9 Å². The van der Waals surface area contributed by atoms with E-state index < -0.39 is 0 Å². The van der Waals surface area contributed by atoms with Crippen LogP contribution in [0.2, 0.25) is 0 Å². The molecule has 0 aliphatic carbocycles. The molecule has 3 heteroatoms. The van der Waals surface area contributed by atoms with Crippen LogP contribution in [0.3, 0.4) is 0 Å². The summed E-state index contributed by atoms with van der Waals surface area (Å²) in [7, 11) is 0. The molecule has 94 valence electrons. The van der Waals surface area contributed by atoms with Gasteiger partial charge >= 0.3 is 0 Å². The topological polar surface area (TPSA) is 29.9 Å². The Balaban J connectivity index is 2.35. The van der Waals surface area contributed by atoms with Crippen molar-refractivity contribution < 1.29 is 0 Å². The highest BCUT2D eigenvalue weighted by Gasteiger charge is 2.07. The number of aromatic nitrogens is 2. The second kappa shape index (κ2) is 6.05. The van der Waals surface area contributed by atoms with E-state index in [1.54, 1.807) is 0 Å². The molecule has 18 heavy (non-hydrogen) atoms. The summed E-state index contributed by atoms with van der Waals surface area (Å²) in [6.07, 6.45) is 7.85. The lowest BCUT2D eigenvalue weighted by Crippen LogP contribution is -2.07. The Bertz CT molecular complexity index is 514. The van der Waals surface area contributed by atoms with Crippen LogP contribution in [0.4, 0.5) is 5.95 Å². The first-order chi connectivity index (χ1) is 8.86. The molecule has 1 heterocycles. The first kappa shape index (κ1) is 12.4. The third-order valence-corrected chi connectivity index (χ3v) is 2.82. The fourth-order valence-electron chi connectivity index (χ4n) is 2.02. The number of imidazole rings is 1. The zero-order chi connectivity index (χ0) is 12.8. The Hall–Kier alpha value is -2.03. The van der Waals surface area contributed by atoms with E-state index >= 15 is 0 Å². The van der Waals surface area contributed by atoms with Gasteiger partial charge in [-0.1, -0.05) is 37.6 Å². The molecule has 0 spiro atoms. The lowest BCUT2D eigenvalue weighted by molar-refractivity contribution is 0.898. The lowest BCUT2D eigenvalue weighted by Gasteiger charge is -2.12. The fraction of sp³-hybridized carbons (Fsp3) is 0.267. The van der Waals surface area contributed by atoms with E-state index in [4.69, 9.17) is 0 Å². The molecule has 0 fully saturated rings. The number of hydrogen-bond acceptors (Lipinski definition) is 2. The standard InChI is InChI=1S/C15H19N3/c1-3-7-13-8-5-6-9-14(13)18-12-11-17-15(18)16-10-4-2/h4-6,8-9,11-12H,2-3,7,10H2,1H3,(H,16,17). The maximum Gasteiger partial charge on any atom is 0.207 e. The maximum atomic E-state index is 4.34. The third-order valence-electron chi connectivity index (χ3n) is 2.82. The van der Waals surface area contributed by atoms with Gasteiger partial charge in [-0.25, -0.2) is 4.98 Å². The van der Waals surface area contributed by atoms with Crippen LogP contribution in [0.15, 0.2) is 49.3 Å². The normalized spacial score (nSPS) is 10.3. The molecule has 0 aliphatic heterocycles. The molecule has 0 saturated carbocycles. The molecule has 3 nitrogen and oxygen atoms in total. The summed E-state index contributed by atoms with van der Waals surface area (Å²) in [5.41, 5.74) is 2.54. The Labute approximate surface area is 108 Å². The van der Waals surface area contributed by atoms with Gasteiger partial charge in [-0.2, -0.15) is 0 Å². The first-order valence-electron chi connectivity index (χ1n) is 6.33. The van der Waals surface area contributed by atoms with Crippen LogP contribution < -0.4 is 5.32 Å². The van der Waals surface area contributed by atoms with Gasteiger partial charge in [-0.3, -0.25) is 4.57 Å². The van der Waals surface area contributed by atoms with E-state index in [9.17, 15) is 0 Å². The Morgan fingerprint density at radius 2 is 2.22 bits per heavy atom. The highest BCUT2D eigenvalue weighted by atomic mass is 15.2. The second-order valence-corrected chi connectivity index (χ2v) is 4.17. The number of para-hydroxylation sites is 1. The van der Waals surface area contributed by atoms with Crippen molar-refractivity contribution in [3.8, 4) is 5.69 Å². The van der Waals surface area contributed by atoms with Crippen molar-refractivity contribution >= 4 is 5.95 Å². The highest BCUT2D eigenvalue weighted by Crippen LogP contribution is 2.20. The zero-order valence-electron chi connectivity index (χ0n) is 10.8. The maximum absolute atomic E-state index is 4.34. The molecule has 0 aliphatic rings. The molecule has 0 unspecified atom stereocenters. The van der Waals surface area contributed by atoms with E-state index in [0.29, 0.717) is 6.54 Å². The number of hydrogen-bond donors (Lipinski definition) is 1. The number of benzene rings is 1. The quantitative estimate of drug-likeness (QED) is 0.785. The summed E-state index contributed by atoms with van der Waals surface area (Å²) in [6, 6.07) is 8.45. The fourth-order valence-corrected chi connectivity index (χ4v) is 2.02. The van der Waals surface area contributed by atoms with Crippen LogP contribution in [-0.2, 0) is 6.42 Å². The Morgan fingerprint density at radius 1 is 1.39 bits per heavy atom. The van der Waals surface area contributed by atoms with Crippen LogP contribution >= 0.6 is 0 Å². The number of rotatable bonds is 6. The predicted octanol–water partition coefficient (Wildman–Crippen LogP) is 3.42. The van der Waals surface area contributed by atoms with E-state index in [0.717, 1.165) is 18.8 Å². The lowest BCUT2D eigenvalue weighted by atomic mass is 10.1. The summed E-state index contributed by atoms with van der Waals surface area (Å²) in [5, 5.41) is 3.24. The highest BCUT2D eigenvalue weighted by molar-refractivity contribution is 5.47. The number of nitrogens with one attached hydrogen (secondary N) is 1. The molecule has 2 rings (SSSR count). The number of aryl methyl sites for hydroxylation is 1. The molecule has 1 aromatic heterocycles. The molecule has 1 N–H and O–H groups in total. The van der Waals surface area contributed by atoms with Crippen LogP contribution in [-0.4, -0.2) is 16.1 Å². The largest absolute Gasteiger partial charge is 0.352 e. The van der Waals surface area contributed by atoms with Crippen molar-refractivity contribution in [3.05, 3.63) is 54.9 Å². The third kappa shape index (κ3) is 2.62. The monoisotopic (exact) mass is 241 g/mol. The van der Waals surface area contributed by atoms with Crippen LogP contribution in [0.1, 0.15) is 18.9 Å². The number of anilines is 1. The van der Waals surface area contributed by atoms with Crippen molar-refractivity contribution in [2.45, 2.75) is 19.8 Å². The van der Waals surface area contributed by atoms with Gasteiger partial charge < -0.3 is 5.32 Å². The first-order valence-corrected chi connectivity index (χ1v) is 6.33. The average Bonchev–Trinajstić information content (AvgIpc) is 2.85. The summed E-state index contributed by atoms with van der Waals surface area (Å²) < 4.78 is 2.09. The van der Waals surface area contributed by atoms with Gasteiger partial charge in [-0.05, 0) is 18.1 Å². The molecular formula is C15H19N3. The minimum atomic E-state index is 0.715. The molecule has 0 amide bonds. The minimum Gasteiger partial charge on any atom is -0.352 e. The van der Waals surface area contributed by atoms with Gasteiger partial charge in [0.1, 0.15) is 0 Å². The van der Waals surface area contributed by atoms with Crippen LogP contribution in [0.25, 0.3) is 5.69 Å². The Kier molecular flexibility index (Phi) is 4.18. The van der Waals surface area contributed by atoms with Gasteiger partial charge in [-0.15, -0.1) is 6.58 Å². The van der Waals surface area contributed by atoms with Gasteiger partial charge in [0, 0.05) is 18.9 Å². The summed E-state index contributed by atoms with van der Waals surface area (Å²) in [5.74, 6) is 0.860. The van der Waals surface area contributed by atoms with Crippen LogP contribution in [0, 0.1) is 0 Å². The van der Waals surface area contributed by atoms with Gasteiger partial charge in [0.05, 0.1) is 5.69 Å². The molecule has 2 aromatic rings. The molecule has 0 radical (unpaired) electrons. The average molecular weight is 241 g/mol. The zero-order valence-corrected chi connectivity index (χ0v) is 10.8. The number of nitrogens with zero attached hydrogens (tertiary/aromatic N) is 2. The molecule has 0 saturated heterocycles. The van der Waals surface area contributed by atoms with E-state index in [2.05, 4.69) is 52.6 Å². The van der Waals surface area contributed by atoms with E-state index in [-0.39, 0.29) is 0 Å². The van der Waals surface area contributed by atoms with Crippen molar-refractivity contribution in [3.63, 3.8) is 0 Å². The molecule has 0 bridgehead atoms. The van der Waals surface area contributed by atoms with Crippen LogP contribution in [0.5, 0.6) is 0 Å². The molecular weight excluding hydrogens is 222 g/mol. The second-order valence-electron chi connectivity index (χ2n) is 4.17. The van der Waals surface area contributed by atoms with Crippen molar-refractivity contribution in [2.24, 2.45) is 0 Å². The van der Waals surface area contributed by atoms with Gasteiger partial charge in [0.25, 0.3) is 0 Å². The predicted molar refractivity (Wildman–Crippen MR) is 76.2 cm³/mol. The smallest absolute Gasteiger partial charge is 0.207 e. The molecule has 0 atom stereocenters.